The van der Waals surface area contributed by atoms with Gasteiger partial charge in [0.2, 0.25) is 5.16 Å². The first-order valence-electron chi connectivity index (χ1n) is 5.03. The first-order valence-corrected chi connectivity index (χ1v) is 5.85. The van der Waals surface area contributed by atoms with Gasteiger partial charge < -0.3 is 14.4 Å². The SMILES string of the molecule is OB1OCc2ccc(NSc3ncn[nH]3)cc21. The van der Waals surface area contributed by atoms with Crippen molar-refractivity contribution in [2.75, 3.05) is 4.72 Å². The minimum Gasteiger partial charge on any atom is -0.423 e. The average molecular weight is 248 g/mol. The maximum Gasteiger partial charge on any atom is 0.491 e. The Hall–Kier alpha value is -1.51. The van der Waals surface area contributed by atoms with Gasteiger partial charge in [0.25, 0.3) is 0 Å². The van der Waals surface area contributed by atoms with Gasteiger partial charge in [0, 0.05) is 17.6 Å². The second-order valence-electron chi connectivity index (χ2n) is 3.57. The lowest BCUT2D eigenvalue weighted by Gasteiger charge is -2.05. The Morgan fingerprint density at radius 2 is 2.47 bits per heavy atom. The number of aromatic nitrogens is 3. The molecule has 3 N–H and O–H groups in total. The van der Waals surface area contributed by atoms with E-state index in [9.17, 15) is 5.02 Å². The maximum absolute atomic E-state index is 9.57. The van der Waals surface area contributed by atoms with Crippen LogP contribution in [0, 0.1) is 0 Å². The summed E-state index contributed by atoms with van der Waals surface area (Å²) in [5.41, 5.74) is 2.72. The topological polar surface area (TPSA) is 83.1 Å². The van der Waals surface area contributed by atoms with E-state index < -0.39 is 7.12 Å². The molecule has 17 heavy (non-hydrogen) atoms. The molecule has 0 radical (unpaired) electrons. The summed E-state index contributed by atoms with van der Waals surface area (Å²) < 4.78 is 8.23. The highest BCUT2D eigenvalue weighted by Crippen LogP contribution is 2.19. The molecule has 8 heteroatoms. The van der Waals surface area contributed by atoms with Crippen molar-refractivity contribution in [2.24, 2.45) is 0 Å². The van der Waals surface area contributed by atoms with Crippen molar-refractivity contribution in [3.63, 3.8) is 0 Å². The number of anilines is 1. The summed E-state index contributed by atoms with van der Waals surface area (Å²) in [4.78, 5) is 3.98. The first-order chi connectivity index (χ1) is 8.33. The van der Waals surface area contributed by atoms with Crippen molar-refractivity contribution in [1.82, 2.24) is 15.2 Å². The van der Waals surface area contributed by atoms with E-state index in [-0.39, 0.29) is 0 Å². The van der Waals surface area contributed by atoms with Gasteiger partial charge in [-0.2, -0.15) is 5.10 Å². The Bertz CT molecular complexity index is 522. The highest BCUT2D eigenvalue weighted by Gasteiger charge is 2.27. The fourth-order valence-electron chi connectivity index (χ4n) is 1.63. The van der Waals surface area contributed by atoms with Gasteiger partial charge in [-0.25, -0.2) is 4.98 Å². The molecule has 1 aliphatic heterocycles. The number of fused-ring (bicyclic) bond motifs is 1. The summed E-state index contributed by atoms with van der Waals surface area (Å²) in [5, 5.41) is 16.7. The third-order valence-electron chi connectivity index (χ3n) is 2.47. The quantitative estimate of drug-likeness (QED) is 0.529. The standard InChI is InChI=1S/C9H9BN4O2S/c15-10-8-3-7(2-1-6(8)4-16-10)14-17-9-11-5-12-13-9/h1-3,5,14-15H,4H2,(H,11,12,13). The van der Waals surface area contributed by atoms with Crippen LogP contribution >= 0.6 is 11.9 Å². The monoisotopic (exact) mass is 248 g/mol. The van der Waals surface area contributed by atoms with E-state index in [2.05, 4.69) is 19.9 Å². The number of rotatable bonds is 3. The number of nitrogens with one attached hydrogen (secondary N) is 2. The lowest BCUT2D eigenvalue weighted by Crippen LogP contribution is -2.28. The molecule has 0 amide bonds. The first kappa shape index (κ1) is 10.6. The molecule has 1 aliphatic rings. The van der Waals surface area contributed by atoms with E-state index in [4.69, 9.17) is 4.65 Å². The van der Waals surface area contributed by atoms with Crippen molar-refractivity contribution in [2.45, 2.75) is 11.8 Å². The predicted molar refractivity (Wildman–Crippen MR) is 64.7 cm³/mol. The van der Waals surface area contributed by atoms with Gasteiger partial charge in [0.15, 0.2) is 0 Å². The molecule has 2 aromatic rings. The van der Waals surface area contributed by atoms with Crippen LogP contribution in [0.3, 0.4) is 0 Å². The van der Waals surface area contributed by atoms with E-state index >= 15 is 0 Å². The van der Waals surface area contributed by atoms with Gasteiger partial charge in [-0.15, -0.1) is 0 Å². The molecule has 0 unspecified atom stereocenters. The van der Waals surface area contributed by atoms with Gasteiger partial charge in [0.05, 0.1) is 6.61 Å². The predicted octanol–water partition coefficient (Wildman–Crippen LogP) is 0.142. The molecule has 3 rings (SSSR count). The number of hydrogen-bond donors (Lipinski definition) is 3. The average Bonchev–Trinajstić information content (AvgIpc) is 2.97. The third-order valence-corrected chi connectivity index (χ3v) is 3.19. The minimum atomic E-state index is -0.818. The molecule has 0 bridgehead atoms. The summed E-state index contributed by atoms with van der Waals surface area (Å²) in [6.07, 6.45) is 1.45. The Labute approximate surface area is 102 Å². The van der Waals surface area contributed by atoms with Crippen molar-refractivity contribution < 1.29 is 9.68 Å². The highest BCUT2D eigenvalue weighted by atomic mass is 32.2. The van der Waals surface area contributed by atoms with Crippen LogP contribution in [0.15, 0.2) is 29.7 Å². The fraction of sp³-hybridized carbons (Fsp3) is 0.111. The molecule has 1 aromatic carbocycles. The zero-order valence-corrected chi connectivity index (χ0v) is 9.57. The van der Waals surface area contributed by atoms with Crippen LogP contribution in [-0.4, -0.2) is 27.3 Å². The summed E-state index contributed by atoms with van der Waals surface area (Å²) >= 11 is 1.33. The van der Waals surface area contributed by atoms with Crippen LogP contribution in [0.4, 0.5) is 5.69 Å². The van der Waals surface area contributed by atoms with Gasteiger partial charge in [0.1, 0.15) is 6.33 Å². The molecule has 2 heterocycles. The highest BCUT2D eigenvalue weighted by molar-refractivity contribution is 8.00. The van der Waals surface area contributed by atoms with Crippen LogP contribution < -0.4 is 10.2 Å². The number of H-pyrrole nitrogens is 1. The van der Waals surface area contributed by atoms with E-state index in [0.717, 1.165) is 16.7 Å². The Balaban J connectivity index is 1.74. The second kappa shape index (κ2) is 4.40. The lowest BCUT2D eigenvalue weighted by molar-refractivity contribution is 0.275. The molecule has 1 aromatic heterocycles. The van der Waals surface area contributed by atoms with Crippen molar-refractivity contribution >= 4 is 30.2 Å². The molecule has 0 saturated heterocycles. The lowest BCUT2D eigenvalue weighted by atomic mass is 9.79. The molecule has 0 aliphatic carbocycles. The van der Waals surface area contributed by atoms with Crippen LogP contribution in [0.25, 0.3) is 0 Å². The normalized spacial score (nSPS) is 13.8. The minimum absolute atomic E-state index is 0.464. The maximum atomic E-state index is 9.57. The number of nitrogens with zero attached hydrogens (tertiary/aromatic N) is 2. The van der Waals surface area contributed by atoms with Gasteiger partial charge in [-0.05, 0) is 23.2 Å². The molecule has 0 spiro atoms. The van der Waals surface area contributed by atoms with Gasteiger partial charge >= 0.3 is 7.12 Å². The summed E-state index contributed by atoms with van der Waals surface area (Å²) in [6.45, 7) is 0.464. The van der Waals surface area contributed by atoms with Crippen LogP contribution in [0.5, 0.6) is 0 Å². The summed E-state index contributed by atoms with van der Waals surface area (Å²) in [6, 6.07) is 5.74. The molecule has 0 fully saturated rings. The van der Waals surface area contributed by atoms with Crippen LogP contribution in [-0.2, 0) is 11.3 Å². The van der Waals surface area contributed by atoms with Gasteiger partial charge in [-0.1, -0.05) is 6.07 Å². The van der Waals surface area contributed by atoms with E-state index in [1.54, 1.807) is 0 Å². The fourth-order valence-corrected chi connectivity index (χ4v) is 2.17. The molecular weight excluding hydrogens is 239 g/mol. The largest absolute Gasteiger partial charge is 0.491 e. The van der Waals surface area contributed by atoms with Gasteiger partial charge in [-0.3, -0.25) is 5.10 Å². The summed E-state index contributed by atoms with van der Waals surface area (Å²) in [5.74, 6) is 0. The van der Waals surface area contributed by atoms with Crippen LogP contribution in [0.1, 0.15) is 5.56 Å². The van der Waals surface area contributed by atoms with E-state index in [1.807, 2.05) is 18.2 Å². The smallest absolute Gasteiger partial charge is 0.423 e. The third kappa shape index (κ3) is 2.14. The molecule has 0 atom stereocenters. The molecular formula is C9H9BN4O2S. The molecule has 6 nitrogen and oxygen atoms in total. The summed E-state index contributed by atoms with van der Waals surface area (Å²) in [7, 11) is -0.818. The molecule has 0 saturated carbocycles. The van der Waals surface area contributed by atoms with Crippen LogP contribution in [0.2, 0.25) is 0 Å². The number of benzene rings is 1. The molecule has 86 valence electrons. The zero-order valence-electron chi connectivity index (χ0n) is 8.75. The Morgan fingerprint density at radius 3 is 3.29 bits per heavy atom. The second-order valence-corrected chi connectivity index (χ2v) is 4.37. The zero-order chi connectivity index (χ0) is 11.7. The Morgan fingerprint density at radius 1 is 1.53 bits per heavy atom. The van der Waals surface area contributed by atoms with E-state index in [0.29, 0.717) is 11.8 Å². The Kier molecular flexibility index (Phi) is 2.75. The number of aromatic amines is 1. The van der Waals surface area contributed by atoms with E-state index in [1.165, 1.54) is 18.3 Å². The van der Waals surface area contributed by atoms with Crippen molar-refractivity contribution in [3.8, 4) is 0 Å². The van der Waals surface area contributed by atoms with Crippen molar-refractivity contribution in [3.05, 3.63) is 30.1 Å². The number of hydrogen-bond acceptors (Lipinski definition) is 6. The van der Waals surface area contributed by atoms with Crippen molar-refractivity contribution in [1.29, 1.82) is 0 Å².